The lowest BCUT2D eigenvalue weighted by Gasteiger charge is -2.19. The number of carbonyl (C=O) groups excluding carboxylic acids is 1. The van der Waals surface area contributed by atoms with Crippen LogP contribution in [0.5, 0.6) is 0 Å². The predicted octanol–water partition coefficient (Wildman–Crippen LogP) is 4.02. The Kier molecular flexibility index (Phi) is 5.75. The number of amides is 1. The van der Waals surface area contributed by atoms with Crippen LogP contribution in [0.3, 0.4) is 0 Å². The van der Waals surface area contributed by atoms with Gasteiger partial charge in [0, 0.05) is 29.3 Å². The average molecular weight is 322 g/mol. The van der Waals surface area contributed by atoms with Crippen LogP contribution in [0.2, 0.25) is 0 Å². The third-order valence-corrected chi connectivity index (χ3v) is 4.75. The topological polar surface area (TPSA) is 50.4 Å². The van der Waals surface area contributed by atoms with Crippen molar-refractivity contribution in [2.45, 2.75) is 57.6 Å². The maximum absolute atomic E-state index is 11.7. The summed E-state index contributed by atoms with van der Waals surface area (Å²) in [6.07, 6.45) is 0.818. The molecule has 1 aliphatic heterocycles. The number of benzene rings is 1. The van der Waals surface area contributed by atoms with E-state index in [0.717, 1.165) is 17.5 Å². The number of hydrogen-bond donors (Lipinski definition) is 2. The Hall–Kier alpha value is -1.20. The van der Waals surface area contributed by atoms with Gasteiger partial charge in [0.05, 0.1) is 0 Å². The summed E-state index contributed by atoms with van der Waals surface area (Å²) in [4.78, 5) is 11.7. The molecule has 0 aliphatic carbocycles. The highest BCUT2D eigenvalue weighted by atomic mass is 32.2. The summed E-state index contributed by atoms with van der Waals surface area (Å²) in [6, 6.07) is 8.50. The summed E-state index contributed by atoms with van der Waals surface area (Å²) in [5, 5.41) is 7.09. The van der Waals surface area contributed by atoms with Gasteiger partial charge < -0.3 is 10.1 Å². The zero-order chi connectivity index (χ0) is 16.2. The molecule has 1 fully saturated rings. The van der Waals surface area contributed by atoms with Gasteiger partial charge in [-0.1, -0.05) is 19.1 Å². The van der Waals surface area contributed by atoms with Crippen LogP contribution in [0.1, 0.15) is 39.7 Å². The quantitative estimate of drug-likeness (QED) is 0.879. The van der Waals surface area contributed by atoms with Gasteiger partial charge in [-0.05, 0) is 44.9 Å². The van der Waals surface area contributed by atoms with Crippen LogP contribution in [0.4, 0.5) is 10.5 Å². The van der Waals surface area contributed by atoms with Crippen LogP contribution >= 0.6 is 11.8 Å². The minimum absolute atomic E-state index is 0.421. The lowest BCUT2D eigenvalue weighted by molar-refractivity contribution is 0.0636. The van der Waals surface area contributed by atoms with Crippen LogP contribution in [0.25, 0.3) is 0 Å². The van der Waals surface area contributed by atoms with Crippen molar-refractivity contribution in [3.63, 3.8) is 0 Å². The van der Waals surface area contributed by atoms with Crippen LogP contribution in [0, 0.1) is 0 Å². The second-order valence-electron chi connectivity index (χ2n) is 6.78. The standard InChI is InChI=1S/C17H26N2O2S/c1-12-9-15(11-22-12)18-10-13-5-7-14(8-6-13)19-16(20)21-17(2,3)4/h5-8,12,15,18H,9-11H2,1-4H3,(H,19,20). The molecule has 22 heavy (non-hydrogen) atoms. The Morgan fingerprint density at radius 1 is 1.32 bits per heavy atom. The fourth-order valence-electron chi connectivity index (χ4n) is 2.35. The minimum Gasteiger partial charge on any atom is -0.444 e. The molecule has 0 spiro atoms. The highest BCUT2D eigenvalue weighted by Crippen LogP contribution is 2.26. The summed E-state index contributed by atoms with van der Waals surface area (Å²) in [7, 11) is 0. The summed E-state index contributed by atoms with van der Waals surface area (Å²) in [6.45, 7) is 8.70. The van der Waals surface area contributed by atoms with Crippen LogP contribution < -0.4 is 10.6 Å². The Morgan fingerprint density at radius 3 is 2.55 bits per heavy atom. The van der Waals surface area contributed by atoms with Gasteiger partial charge in [0.1, 0.15) is 5.60 Å². The van der Waals surface area contributed by atoms with Gasteiger partial charge in [-0.3, -0.25) is 5.32 Å². The minimum atomic E-state index is -0.482. The third kappa shape index (κ3) is 5.89. The lowest BCUT2D eigenvalue weighted by Crippen LogP contribution is -2.28. The van der Waals surface area contributed by atoms with Gasteiger partial charge in [0.25, 0.3) is 0 Å². The van der Waals surface area contributed by atoms with Gasteiger partial charge >= 0.3 is 6.09 Å². The van der Waals surface area contributed by atoms with Crippen molar-refractivity contribution in [2.75, 3.05) is 11.1 Å². The Bertz CT molecular complexity index is 496. The zero-order valence-corrected chi connectivity index (χ0v) is 14.6. The molecule has 1 aromatic rings. The second kappa shape index (κ2) is 7.38. The molecule has 0 saturated carbocycles. The first-order valence-electron chi connectivity index (χ1n) is 7.76. The molecule has 1 heterocycles. The van der Waals surface area contributed by atoms with Crippen molar-refractivity contribution >= 4 is 23.5 Å². The van der Waals surface area contributed by atoms with Gasteiger partial charge in [0.15, 0.2) is 0 Å². The molecular formula is C17H26N2O2S. The number of thioether (sulfide) groups is 1. The first-order chi connectivity index (χ1) is 10.3. The van der Waals surface area contributed by atoms with E-state index in [1.807, 2.05) is 56.8 Å². The summed E-state index contributed by atoms with van der Waals surface area (Å²) >= 11 is 2.03. The van der Waals surface area contributed by atoms with Crippen molar-refractivity contribution in [1.29, 1.82) is 0 Å². The molecule has 1 amide bonds. The van der Waals surface area contributed by atoms with E-state index in [0.29, 0.717) is 6.04 Å². The second-order valence-corrected chi connectivity index (χ2v) is 8.25. The Balaban J connectivity index is 1.79. The zero-order valence-electron chi connectivity index (χ0n) is 13.8. The summed E-state index contributed by atoms with van der Waals surface area (Å²) in [5.74, 6) is 1.19. The molecule has 2 N–H and O–H groups in total. The first kappa shape index (κ1) is 17.2. The van der Waals surface area contributed by atoms with Crippen molar-refractivity contribution in [1.82, 2.24) is 5.32 Å². The maximum atomic E-state index is 11.7. The largest absolute Gasteiger partial charge is 0.444 e. The van der Waals surface area contributed by atoms with E-state index in [2.05, 4.69) is 17.6 Å². The SMILES string of the molecule is CC1CC(NCc2ccc(NC(=O)OC(C)(C)C)cc2)CS1. The number of nitrogens with one attached hydrogen (secondary N) is 2. The Morgan fingerprint density at radius 2 is 2.00 bits per heavy atom. The molecule has 4 nitrogen and oxygen atoms in total. The molecule has 2 rings (SSSR count). The van der Waals surface area contributed by atoms with E-state index < -0.39 is 11.7 Å². The fourth-order valence-corrected chi connectivity index (χ4v) is 3.53. The van der Waals surface area contributed by atoms with E-state index in [1.165, 1.54) is 17.7 Å². The smallest absolute Gasteiger partial charge is 0.412 e. The number of carbonyl (C=O) groups is 1. The van der Waals surface area contributed by atoms with Crippen LogP contribution in [0.15, 0.2) is 24.3 Å². The van der Waals surface area contributed by atoms with E-state index in [-0.39, 0.29) is 0 Å². The molecular weight excluding hydrogens is 296 g/mol. The van der Waals surface area contributed by atoms with Crippen molar-refractivity contribution in [2.24, 2.45) is 0 Å². The number of rotatable bonds is 4. The molecule has 0 bridgehead atoms. The van der Waals surface area contributed by atoms with E-state index in [1.54, 1.807) is 0 Å². The molecule has 2 unspecified atom stereocenters. The molecule has 1 aliphatic rings. The average Bonchev–Trinajstić information content (AvgIpc) is 2.81. The van der Waals surface area contributed by atoms with Crippen LogP contribution in [-0.2, 0) is 11.3 Å². The van der Waals surface area contributed by atoms with E-state index >= 15 is 0 Å². The van der Waals surface area contributed by atoms with Gasteiger partial charge in [-0.25, -0.2) is 4.79 Å². The third-order valence-electron chi connectivity index (χ3n) is 3.39. The number of anilines is 1. The highest BCUT2D eigenvalue weighted by molar-refractivity contribution is 8.00. The number of ether oxygens (including phenoxy) is 1. The Labute approximate surface area is 137 Å². The molecule has 1 aromatic carbocycles. The van der Waals surface area contributed by atoms with Crippen molar-refractivity contribution < 1.29 is 9.53 Å². The van der Waals surface area contributed by atoms with Crippen molar-refractivity contribution in [3.8, 4) is 0 Å². The fraction of sp³-hybridized carbons (Fsp3) is 0.588. The van der Waals surface area contributed by atoms with Crippen LogP contribution in [-0.4, -0.2) is 28.7 Å². The summed E-state index contributed by atoms with van der Waals surface area (Å²) in [5.41, 5.74) is 1.49. The highest BCUT2D eigenvalue weighted by Gasteiger charge is 2.21. The normalized spacial score (nSPS) is 21.6. The van der Waals surface area contributed by atoms with Gasteiger partial charge in [0.2, 0.25) is 0 Å². The molecule has 0 aromatic heterocycles. The molecule has 0 radical (unpaired) electrons. The van der Waals surface area contributed by atoms with Crippen molar-refractivity contribution in [3.05, 3.63) is 29.8 Å². The summed E-state index contributed by atoms with van der Waals surface area (Å²) < 4.78 is 5.23. The molecule has 1 saturated heterocycles. The number of hydrogen-bond acceptors (Lipinski definition) is 4. The van der Waals surface area contributed by atoms with Gasteiger partial charge in [-0.2, -0.15) is 11.8 Å². The molecule has 2 atom stereocenters. The maximum Gasteiger partial charge on any atom is 0.412 e. The molecule has 122 valence electrons. The monoisotopic (exact) mass is 322 g/mol. The van der Waals surface area contributed by atoms with E-state index in [9.17, 15) is 4.79 Å². The van der Waals surface area contributed by atoms with E-state index in [4.69, 9.17) is 4.74 Å². The predicted molar refractivity (Wildman–Crippen MR) is 93.5 cm³/mol. The van der Waals surface area contributed by atoms with Gasteiger partial charge in [-0.15, -0.1) is 0 Å². The first-order valence-corrected chi connectivity index (χ1v) is 8.80. The lowest BCUT2D eigenvalue weighted by atomic mass is 10.1. The molecule has 5 heteroatoms.